The lowest BCUT2D eigenvalue weighted by atomic mass is 10.1. The predicted molar refractivity (Wildman–Crippen MR) is 70.3 cm³/mol. The first kappa shape index (κ1) is 12.4. The van der Waals surface area contributed by atoms with Crippen LogP contribution in [-0.4, -0.2) is 30.6 Å². The summed E-state index contributed by atoms with van der Waals surface area (Å²) in [6.45, 7) is 2.04. The Labute approximate surface area is 111 Å². The molecule has 2 heterocycles. The molecular formula is C14H18N2O3. The predicted octanol–water partition coefficient (Wildman–Crippen LogP) is 0.630. The molecular weight excluding hydrogens is 244 g/mol. The van der Waals surface area contributed by atoms with Crippen molar-refractivity contribution >= 4 is 5.91 Å². The number of hydrogen-bond acceptors (Lipinski definition) is 3. The Morgan fingerprint density at radius 2 is 2.37 bits per heavy atom. The molecule has 0 saturated carbocycles. The minimum Gasteiger partial charge on any atom is -0.381 e. The molecule has 5 heteroatoms. The maximum Gasteiger partial charge on any atom is 0.261 e. The SMILES string of the molecule is O=C(NC[C@@H]1CCOC1)c1cc2c([nH]c1=O)CCC2. The molecule has 1 saturated heterocycles. The fourth-order valence-corrected chi connectivity index (χ4v) is 2.76. The van der Waals surface area contributed by atoms with Gasteiger partial charge in [0.2, 0.25) is 0 Å². The molecule has 19 heavy (non-hydrogen) atoms. The van der Waals surface area contributed by atoms with Gasteiger partial charge in [-0.15, -0.1) is 0 Å². The lowest BCUT2D eigenvalue weighted by Crippen LogP contribution is -2.33. The fraction of sp³-hybridized carbons (Fsp3) is 0.571. The maximum absolute atomic E-state index is 12.1. The molecule has 1 aliphatic heterocycles. The van der Waals surface area contributed by atoms with Gasteiger partial charge in [0.15, 0.2) is 0 Å². The van der Waals surface area contributed by atoms with Crippen LogP contribution in [0.3, 0.4) is 0 Å². The largest absolute Gasteiger partial charge is 0.381 e. The quantitative estimate of drug-likeness (QED) is 0.839. The number of ether oxygens (including phenoxy) is 1. The van der Waals surface area contributed by atoms with Gasteiger partial charge in [-0.05, 0) is 37.3 Å². The van der Waals surface area contributed by atoms with Gasteiger partial charge in [0.25, 0.3) is 11.5 Å². The Kier molecular flexibility index (Phi) is 3.38. The van der Waals surface area contributed by atoms with Crippen LogP contribution in [0.15, 0.2) is 10.9 Å². The molecule has 1 atom stereocenters. The highest BCUT2D eigenvalue weighted by molar-refractivity contribution is 5.94. The van der Waals surface area contributed by atoms with Crippen LogP contribution in [-0.2, 0) is 17.6 Å². The van der Waals surface area contributed by atoms with Gasteiger partial charge in [-0.25, -0.2) is 0 Å². The van der Waals surface area contributed by atoms with Crippen molar-refractivity contribution in [3.05, 3.63) is 33.2 Å². The molecule has 3 rings (SSSR count). The summed E-state index contributed by atoms with van der Waals surface area (Å²) >= 11 is 0. The number of hydrogen-bond donors (Lipinski definition) is 2. The highest BCUT2D eigenvalue weighted by atomic mass is 16.5. The number of rotatable bonds is 3. The number of aromatic nitrogens is 1. The summed E-state index contributed by atoms with van der Waals surface area (Å²) in [4.78, 5) is 26.7. The highest BCUT2D eigenvalue weighted by Crippen LogP contribution is 2.18. The number of aryl methyl sites for hydroxylation is 2. The number of aromatic amines is 1. The maximum atomic E-state index is 12.1. The summed E-state index contributed by atoms with van der Waals surface area (Å²) in [5, 5.41) is 2.83. The van der Waals surface area contributed by atoms with Crippen molar-refractivity contribution in [3.8, 4) is 0 Å². The third-order valence-corrected chi connectivity index (χ3v) is 3.91. The molecule has 0 bridgehead atoms. The van der Waals surface area contributed by atoms with E-state index in [9.17, 15) is 9.59 Å². The van der Waals surface area contributed by atoms with E-state index in [0.717, 1.165) is 43.5 Å². The van der Waals surface area contributed by atoms with Gasteiger partial charge in [-0.1, -0.05) is 0 Å². The summed E-state index contributed by atoms with van der Waals surface area (Å²) in [5.74, 6) is 0.0975. The van der Waals surface area contributed by atoms with Crippen LogP contribution >= 0.6 is 0 Å². The molecule has 1 fully saturated rings. The van der Waals surface area contributed by atoms with Crippen molar-refractivity contribution < 1.29 is 9.53 Å². The Morgan fingerprint density at radius 1 is 1.47 bits per heavy atom. The van der Waals surface area contributed by atoms with Crippen molar-refractivity contribution in [2.45, 2.75) is 25.7 Å². The Hall–Kier alpha value is -1.62. The van der Waals surface area contributed by atoms with E-state index in [1.54, 1.807) is 6.07 Å². The van der Waals surface area contributed by atoms with Crippen LogP contribution in [0.2, 0.25) is 0 Å². The van der Waals surface area contributed by atoms with Crippen LogP contribution in [0.5, 0.6) is 0 Å². The first-order valence-corrected chi connectivity index (χ1v) is 6.85. The summed E-state index contributed by atoms with van der Waals surface area (Å²) in [6.07, 6.45) is 3.88. The van der Waals surface area contributed by atoms with Gasteiger partial charge in [0.05, 0.1) is 6.61 Å². The second kappa shape index (κ2) is 5.17. The summed E-state index contributed by atoms with van der Waals surface area (Å²) in [7, 11) is 0. The van der Waals surface area contributed by atoms with Crippen molar-refractivity contribution in [2.24, 2.45) is 5.92 Å². The third-order valence-electron chi connectivity index (χ3n) is 3.91. The van der Waals surface area contributed by atoms with Crippen molar-refractivity contribution in [1.29, 1.82) is 0 Å². The number of pyridine rings is 1. The van der Waals surface area contributed by atoms with E-state index in [-0.39, 0.29) is 17.0 Å². The minimum absolute atomic E-state index is 0.236. The zero-order valence-corrected chi connectivity index (χ0v) is 10.8. The van der Waals surface area contributed by atoms with Gasteiger partial charge in [0, 0.05) is 24.8 Å². The molecule has 2 aliphatic rings. The van der Waals surface area contributed by atoms with Crippen molar-refractivity contribution in [1.82, 2.24) is 10.3 Å². The van der Waals surface area contributed by atoms with E-state index in [1.165, 1.54) is 0 Å². The molecule has 2 N–H and O–H groups in total. The number of carbonyl (C=O) groups excluding carboxylic acids is 1. The fourth-order valence-electron chi connectivity index (χ4n) is 2.76. The van der Waals surface area contributed by atoms with Gasteiger partial charge in [0.1, 0.15) is 5.56 Å². The molecule has 0 aromatic carbocycles. The Bertz CT molecular complexity index is 544. The zero-order chi connectivity index (χ0) is 13.2. The van der Waals surface area contributed by atoms with Crippen LogP contribution in [0.1, 0.15) is 34.5 Å². The van der Waals surface area contributed by atoms with E-state index in [1.807, 2.05) is 0 Å². The van der Waals surface area contributed by atoms with Crippen LogP contribution in [0.25, 0.3) is 0 Å². The summed E-state index contributed by atoms with van der Waals surface area (Å²) in [6, 6.07) is 1.75. The molecule has 0 spiro atoms. The molecule has 102 valence electrons. The van der Waals surface area contributed by atoms with Crippen molar-refractivity contribution in [2.75, 3.05) is 19.8 Å². The Balaban J connectivity index is 1.70. The number of nitrogens with one attached hydrogen (secondary N) is 2. The Morgan fingerprint density at radius 3 is 3.16 bits per heavy atom. The number of carbonyl (C=O) groups is 1. The lowest BCUT2D eigenvalue weighted by molar-refractivity contribution is 0.0943. The van der Waals surface area contributed by atoms with Crippen LogP contribution < -0.4 is 10.9 Å². The number of fused-ring (bicyclic) bond motifs is 1. The van der Waals surface area contributed by atoms with E-state index < -0.39 is 0 Å². The smallest absolute Gasteiger partial charge is 0.261 e. The molecule has 1 amide bonds. The van der Waals surface area contributed by atoms with Crippen LogP contribution in [0, 0.1) is 5.92 Å². The molecule has 1 aromatic rings. The highest BCUT2D eigenvalue weighted by Gasteiger charge is 2.20. The van der Waals surface area contributed by atoms with Crippen LogP contribution in [0.4, 0.5) is 0 Å². The van der Waals surface area contributed by atoms with E-state index in [0.29, 0.717) is 19.1 Å². The molecule has 0 radical (unpaired) electrons. The average Bonchev–Trinajstić information content (AvgIpc) is 3.05. The number of amides is 1. The second-order valence-electron chi connectivity index (χ2n) is 5.31. The molecule has 5 nitrogen and oxygen atoms in total. The standard InChI is InChI=1S/C14H18N2O3/c17-13(15-7-9-4-5-19-8-9)11-6-10-2-1-3-12(10)16-14(11)18/h6,9H,1-5,7-8H2,(H,15,17)(H,16,18)/t9-/m0/s1. The van der Waals surface area contributed by atoms with E-state index in [2.05, 4.69) is 10.3 Å². The molecule has 1 aromatic heterocycles. The van der Waals surface area contributed by atoms with Gasteiger partial charge < -0.3 is 15.0 Å². The second-order valence-corrected chi connectivity index (χ2v) is 5.31. The first-order valence-electron chi connectivity index (χ1n) is 6.85. The molecule has 1 aliphatic carbocycles. The normalized spacial score (nSPS) is 21.4. The number of H-pyrrole nitrogens is 1. The third kappa shape index (κ3) is 2.56. The van der Waals surface area contributed by atoms with E-state index >= 15 is 0 Å². The lowest BCUT2D eigenvalue weighted by Gasteiger charge is -2.09. The topological polar surface area (TPSA) is 71.2 Å². The zero-order valence-electron chi connectivity index (χ0n) is 10.8. The monoisotopic (exact) mass is 262 g/mol. The average molecular weight is 262 g/mol. The molecule has 0 unspecified atom stereocenters. The van der Waals surface area contributed by atoms with Gasteiger partial charge in [-0.3, -0.25) is 9.59 Å². The van der Waals surface area contributed by atoms with Crippen molar-refractivity contribution in [3.63, 3.8) is 0 Å². The minimum atomic E-state index is -0.277. The summed E-state index contributed by atoms with van der Waals surface area (Å²) < 4.78 is 5.26. The van der Waals surface area contributed by atoms with Gasteiger partial charge >= 0.3 is 0 Å². The summed E-state index contributed by atoms with van der Waals surface area (Å²) in [5.41, 5.74) is 2.06. The van der Waals surface area contributed by atoms with Gasteiger partial charge in [-0.2, -0.15) is 0 Å². The first-order chi connectivity index (χ1) is 9.24. The van der Waals surface area contributed by atoms with E-state index in [4.69, 9.17) is 4.74 Å².